The van der Waals surface area contributed by atoms with Crippen LogP contribution in [0.3, 0.4) is 0 Å². The molecule has 11 nitrogen and oxygen atoms in total. The van der Waals surface area contributed by atoms with E-state index in [1.807, 2.05) is 66.7 Å². The highest BCUT2D eigenvalue weighted by Crippen LogP contribution is 2.29. The van der Waals surface area contributed by atoms with Gasteiger partial charge in [-0.25, -0.2) is 4.79 Å². The number of hydrogen-bond acceptors (Lipinski definition) is 7. The maximum absolute atomic E-state index is 12.8. The number of likely N-dealkylation sites (tertiary alicyclic amines) is 1. The van der Waals surface area contributed by atoms with Crippen LogP contribution in [0.1, 0.15) is 40.4 Å². The van der Waals surface area contributed by atoms with Gasteiger partial charge in [0.2, 0.25) is 5.56 Å². The molecule has 50 heavy (non-hydrogen) atoms. The summed E-state index contributed by atoms with van der Waals surface area (Å²) < 4.78 is 0. The zero-order valence-corrected chi connectivity index (χ0v) is 27.7. The number of benzene rings is 4. The van der Waals surface area contributed by atoms with Gasteiger partial charge in [-0.05, 0) is 59.9 Å². The van der Waals surface area contributed by atoms with Crippen molar-refractivity contribution in [1.29, 1.82) is 0 Å². The number of aliphatic hydroxyl groups is 1. The van der Waals surface area contributed by atoms with Crippen LogP contribution in [0.25, 0.3) is 22.0 Å². The topological polar surface area (TPSA) is 159 Å². The van der Waals surface area contributed by atoms with Crippen molar-refractivity contribution in [3.05, 3.63) is 130 Å². The molecule has 1 unspecified atom stereocenters. The number of H-pyrrole nitrogens is 1. The van der Waals surface area contributed by atoms with Crippen molar-refractivity contribution in [3.8, 4) is 16.9 Å². The van der Waals surface area contributed by atoms with Crippen molar-refractivity contribution >= 4 is 28.5 Å². The summed E-state index contributed by atoms with van der Waals surface area (Å²) >= 11 is 0. The number of amides is 3. The molecule has 3 amide bonds. The number of aliphatic hydroxyl groups excluding tert-OH is 1. The van der Waals surface area contributed by atoms with Crippen LogP contribution in [0.5, 0.6) is 5.75 Å². The van der Waals surface area contributed by atoms with Crippen LogP contribution in [0.15, 0.2) is 108 Å². The van der Waals surface area contributed by atoms with Crippen LogP contribution in [-0.4, -0.2) is 70.8 Å². The van der Waals surface area contributed by atoms with E-state index in [1.54, 1.807) is 24.3 Å². The van der Waals surface area contributed by atoms with Gasteiger partial charge in [0.1, 0.15) is 5.75 Å². The molecule has 1 aromatic heterocycles. The van der Waals surface area contributed by atoms with Gasteiger partial charge in [0.05, 0.1) is 17.3 Å². The molecule has 7 N–H and O–H groups in total. The van der Waals surface area contributed by atoms with E-state index in [-0.39, 0.29) is 35.8 Å². The number of carbonyl (C=O) groups excluding carboxylic acids is 2. The summed E-state index contributed by atoms with van der Waals surface area (Å²) in [6, 6.07) is 31.0. The number of pyridine rings is 1. The number of piperidine rings is 1. The van der Waals surface area contributed by atoms with E-state index in [9.17, 15) is 24.6 Å². The van der Waals surface area contributed by atoms with Gasteiger partial charge in [0, 0.05) is 67.9 Å². The third kappa shape index (κ3) is 8.75. The van der Waals surface area contributed by atoms with E-state index in [0.29, 0.717) is 35.1 Å². The van der Waals surface area contributed by atoms with Crippen molar-refractivity contribution in [2.75, 3.05) is 38.0 Å². The number of para-hydroxylation sites is 1. The van der Waals surface area contributed by atoms with Crippen LogP contribution in [-0.2, 0) is 6.54 Å². The lowest BCUT2D eigenvalue weighted by molar-refractivity contribution is 0.0945. The van der Waals surface area contributed by atoms with Crippen molar-refractivity contribution in [1.82, 2.24) is 25.8 Å². The summed E-state index contributed by atoms with van der Waals surface area (Å²) in [6.07, 6.45) is 0.810. The Morgan fingerprint density at radius 1 is 0.880 bits per heavy atom. The molecule has 0 saturated carbocycles. The van der Waals surface area contributed by atoms with Gasteiger partial charge in [0.25, 0.3) is 5.91 Å². The van der Waals surface area contributed by atoms with Gasteiger partial charge in [-0.15, -0.1) is 0 Å². The number of aromatic nitrogens is 1. The molecule has 0 aliphatic carbocycles. The molecule has 1 aliphatic heterocycles. The molecule has 1 atom stereocenters. The predicted octanol–water partition coefficient (Wildman–Crippen LogP) is 4.74. The minimum Gasteiger partial charge on any atom is -0.506 e. The van der Waals surface area contributed by atoms with E-state index in [1.165, 1.54) is 12.1 Å². The number of anilines is 1. The number of urea groups is 1. The lowest BCUT2D eigenvalue weighted by Gasteiger charge is -2.32. The van der Waals surface area contributed by atoms with Crippen LogP contribution in [0.2, 0.25) is 0 Å². The summed E-state index contributed by atoms with van der Waals surface area (Å²) in [5.74, 6) is -0.190. The van der Waals surface area contributed by atoms with Crippen LogP contribution < -0.4 is 26.8 Å². The Balaban J connectivity index is 0.886. The zero-order chi connectivity index (χ0) is 34.9. The maximum atomic E-state index is 12.8. The molecule has 1 saturated heterocycles. The number of aromatic hydroxyl groups is 1. The molecule has 11 heteroatoms. The Bertz CT molecular complexity index is 1970. The number of fused-ring (bicyclic) bond motifs is 1. The molecule has 6 rings (SSSR count). The van der Waals surface area contributed by atoms with E-state index in [4.69, 9.17) is 0 Å². The molecule has 258 valence electrons. The van der Waals surface area contributed by atoms with E-state index in [2.05, 4.69) is 31.2 Å². The second kappa shape index (κ2) is 16.3. The third-order valence-electron chi connectivity index (χ3n) is 9.05. The van der Waals surface area contributed by atoms with Gasteiger partial charge in [-0.2, -0.15) is 0 Å². The predicted molar refractivity (Wildman–Crippen MR) is 195 cm³/mol. The van der Waals surface area contributed by atoms with Gasteiger partial charge in [0.15, 0.2) is 0 Å². The maximum Gasteiger partial charge on any atom is 0.319 e. The summed E-state index contributed by atoms with van der Waals surface area (Å²) in [5.41, 5.74) is 4.88. The lowest BCUT2D eigenvalue weighted by Crippen LogP contribution is -2.47. The molecule has 0 bridgehead atoms. The van der Waals surface area contributed by atoms with Crippen molar-refractivity contribution in [2.24, 2.45) is 0 Å². The molecule has 5 aromatic rings. The molecular weight excluding hydrogens is 632 g/mol. The fourth-order valence-electron chi connectivity index (χ4n) is 6.32. The van der Waals surface area contributed by atoms with Gasteiger partial charge in [-0.1, -0.05) is 66.7 Å². The first-order valence-corrected chi connectivity index (χ1v) is 16.9. The summed E-state index contributed by atoms with van der Waals surface area (Å²) in [4.78, 5) is 42.2. The molecule has 0 radical (unpaired) electrons. The van der Waals surface area contributed by atoms with Crippen molar-refractivity contribution in [3.63, 3.8) is 0 Å². The normalized spacial score (nSPS) is 14.3. The molecule has 2 heterocycles. The largest absolute Gasteiger partial charge is 0.506 e. The molecule has 1 aliphatic rings. The zero-order valence-electron chi connectivity index (χ0n) is 27.7. The first-order chi connectivity index (χ1) is 24.3. The van der Waals surface area contributed by atoms with E-state index in [0.717, 1.165) is 54.9 Å². The standard InChI is InChI=1S/C39H42N6O5/c46-34-16-14-31(32-15-17-36(48)44-37(32)34)35(47)25-40-24-26-10-12-28(13-11-26)38(49)41-20-23-45-21-18-29(19-22-45)42-39(50)43-33-9-5-4-8-30(33)27-6-2-1-3-7-27/h1-17,29,35,40,46-47H,18-25H2,(H,41,49)(H,44,48)(H2,42,43,50). The average molecular weight is 675 g/mol. The number of hydrogen-bond donors (Lipinski definition) is 7. The fraction of sp³-hybridized carbons (Fsp3) is 0.256. The number of carbonyl (C=O) groups is 2. The van der Waals surface area contributed by atoms with Crippen molar-refractivity contribution in [2.45, 2.75) is 31.5 Å². The Morgan fingerprint density at radius 3 is 2.40 bits per heavy atom. The fourth-order valence-corrected chi connectivity index (χ4v) is 6.32. The minimum atomic E-state index is -0.857. The smallest absolute Gasteiger partial charge is 0.319 e. The minimum absolute atomic E-state index is 0.0522. The quantitative estimate of drug-likeness (QED) is 0.101. The van der Waals surface area contributed by atoms with Crippen LogP contribution in [0, 0.1) is 0 Å². The third-order valence-corrected chi connectivity index (χ3v) is 9.05. The monoisotopic (exact) mass is 674 g/mol. The van der Waals surface area contributed by atoms with Crippen LogP contribution >= 0.6 is 0 Å². The highest BCUT2D eigenvalue weighted by Gasteiger charge is 2.21. The number of rotatable bonds is 12. The van der Waals surface area contributed by atoms with Crippen molar-refractivity contribution < 1.29 is 19.8 Å². The van der Waals surface area contributed by atoms with E-state index < -0.39 is 6.10 Å². The Kier molecular flexibility index (Phi) is 11.2. The molecule has 1 fully saturated rings. The Hall–Kier alpha value is -5.49. The first-order valence-electron chi connectivity index (χ1n) is 16.9. The number of nitrogens with zero attached hydrogens (tertiary/aromatic N) is 1. The summed E-state index contributed by atoms with van der Waals surface area (Å²) in [6.45, 7) is 3.66. The van der Waals surface area contributed by atoms with Gasteiger partial charge >= 0.3 is 6.03 Å². The molecular formula is C39H42N6O5. The van der Waals surface area contributed by atoms with Crippen LogP contribution in [0.4, 0.5) is 10.5 Å². The summed E-state index contributed by atoms with van der Waals surface area (Å²) in [5, 5.41) is 33.8. The lowest BCUT2D eigenvalue weighted by atomic mass is 10.0. The Labute approximate surface area is 290 Å². The molecule has 0 spiro atoms. The second-order valence-corrected chi connectivity index (χ2v) is 12.5. The number of aromatic amines is 1. The van der Waals surface area contributed by atoms with E-state index >= 15 is 0 Å². The average Bonchev–Trinajstić information content (AvgIpc) is 3.13. The SMILES string of the molecule is O=C(Nc1ccccc1-c1ccccc1)NC1CCN(CCNC(=O)c2ccc(CNCC(O)c3ccc(O)c4[nH]c(=O)ccc34)cc2)CC1. The highest BCUT2D eigenvalue weighted by atomic mass is 16.3. The number of nitrogens with one attached hydrogen (secondary N) is 5. The Morgan fingerprint density at radius 2 is 1.62 bits per heavy atom. The van der Waals surface area contributed by atoms with Gasteiger partial charge in [-0.3, -0.25) is 9.59 Å². The van der Waals surface area contributed by atoms with Gasteiger partial charge < -0.3 is 41.4 Å². The number of phenolic OH excluding ortho intramolecular Hbond substituents is 1. The number of phenols is 1. The molecule has 4 aromatic carbocycles. The first kappa shape index (κ1) is 34.4. The highest BCUT2D eigenvalue weighted by molar-refractivity contribution is 5.95. The summed E-state index contributed by atoms with van der Waals surface area (Å²) in [7, 11) is 0. The second-order valence-electron chi connectivity index (χ2n) is 12.5.